The maximum atomic E-state index is 13.3. The Kier molecular flexibility index (Phi) is 5.18. The molecule has 0 radical (unpaired) electrons. The van der Waals surface area contributed by atoms with E-state index in [-0.39, 0.29) is 12.3 Å². The van der Waals surface area contributed by atoms with Crippen molar-refractivity contribution in [2.45, 2.75) is 26.0 Å². The lowest BCUT2D eigenvalue weighted by Gasteiger charge is -2.16. The molecule has 4 rings (SSSR count). The quantitative estimate of drug-likeness (QED) is 0.559. The molecule has 10 heteroatoms. The second-order valence-corrected chi connectivity index (χ2v) is 7.20. The van der Waals surface area contributed by atoms with Gasteiger partial charge >= 0.3 is 11.8 Å². The average molecular weight is 404 g/mol. The molecular formula is C19H22F2N6O2. The van der Waals surface area contributed by atoms with Crippen LogP contribution in [0.2, 0.25) is 0 Å². The first-order chi connectivity index (χ1) is 13.9. The maximum absolute atomic E-state index is 13.3. The lowest BCUT2D eigenvalue weighted by atomic mass is 10.1. The molecule has 0 saturated carbocycles. The van der Waals surface area contributed by atoms with Crippen molar-refractivity contribution in [3.05, 3.63) is 46.5 Å². The molecular weight excluding hydrogens is 382 g/mol. The molecule has 3 N–H and O–H groups in total. The molecule has 0 aliphatic carbocycles. The Morgan fingerprint density at radius 2 is 2.21 bits per heavy atom. The third-order valence-electron chi connectivity index (χ3n) is 4.81. The highest BCUT2D eigenvalue weighted by molar-refractivity contribution is 5.71. The van der Waals surface area contributed by atoms with Gasteiger partial charge in [-0.25, -0.2) is 9.78 Å². The number of rotatable bonds is 7. The summed E-state index contributed by atoms with van der Waals surface area (Å²) in [5.74, 6) is 0.937. The highest BCUT2D eigenvalue weighted by Gasteiger charge is 2.25. The van der Waals surface area contributed by atoms with Gasteiger partial charge in [-0.2, -0.15) is 13.8 Å². The van der Waals surface area contributed by atoms with Crippen LogP contribution in [0.3, 0.4) is 0 Å². The minimum atomic E-state index is -3.32. The zero-order valence-electron chi connectivity index (χ0n) is 15.9. The summed E-state index contributed by atoms with van der Waals surface area (Å²) in [5, 5.41) is 6.51. The van der Waals surface area contributed by atoms with Crippen LogP contribution in [0.25, 0.3) is 11.2 Å². The van der Waals surface area contributed by atoms with Crippen molar-refractivity contribution in [2.75, 3.05) is 25.0 Å². The van der Waals surface area contributed by atoms with Gasteiger partial charge in [-0.05, 0) is 31.5 Å². The number of hydrogen-bond acceptors (Lipinski definition) is 6. The predicted molar refractivity (Wildman–Crippen MR) is 104 cm³/mol. The molecule has 0 bridgehead atoms. The Hall–Kier alpha value is -3.01. The Morgan fingerprint density at radius 1 is 1.38 bits per heavy atom. The number of anilines is 1. The van der Waals surface area contributed by atoms with Gasteiger partial charge in [0.25, 0.3) is 0 Å². The van der Waals surface area contributed by atoms with Crippen molar-refractivity contribution in [3.63, 3.8) is 0 Å². The van der Waals surface area contributed by atoms with Gasteiger partial charge in [-0.1, -0.05) is 18.2 Å². The minimum Gasteiger partial charge on any atom is -0.432 e. The number of alkyl halides is 2. The second kappa shape index (κ2) is 7.78. The summed E-state index contributed by atoms with van der Waals surface area (Å²) in [7, 11) is 0. The van der Waals surface area contributed by atoms with Crippen molar-refractivity contribution in [1.82, 2.24) is 24.8 Å². The number of imidazole rings is 1. The largest absolute Gasteiger partial charge is 0.432 e. The molecule has 1 saturated heterocycles. The number of para-hydroxylation sites is 1. The predicted octanol–water partition coefficient (Wildman–Crippen LogP) is 2.18. The third-order valence-corrected chi connectivity index (χ3v) is 4.81. The van der Waals surface area contributed by atoms with Crippen LogP contribution in [0.15, 0.2) is 35.3 Å². The first-order valence-corrected chi connectivity index (χ1v) is 9.44. The topological polar surface area (TPSA) is 96.9 Å². The van der Waals surface area contributed by atoms with Gasteiger partial charge in [-0.15, -0.1) is 0 Å². The number of aromatic nitrogens is 4. The third kappa shape index (κ3) is 4.53. The summed E-state index contributed by atoms with van der Waals surface area (Å²) in [6.07, 6.45) is -0.698. The van der Waals surface area contributed by atoms with E-state index in [4.69, 9.17) is 4.74 Å². The first kappa shape index (κ1) is 19.3. The first-order valence-electron chi connectivity index (χ1n) is 9.44. The number of halogens is 2. The van der Waals surface area contributed by atoms with Crippen LogP contribution in [0.4, 0.5) is 14.7 Å². The SMILES string of the molecule is CC(F)(F)Oc1ccccc1Cn1c(=O)[nH]c2cnc(NC[C@@H]3CCNC3)nc21. The van der Waals surface area contributed by atoms with Crippen LogP contribution in [-0.2, 0) is 6.54 Å². The number of nitrogens with one attached hydrogen (secondary N) is 3. The monoisotopic (exact) mass is 404 g/mol. The number of H-pyrrole nitrogens is 1. The van der Waals surface area contributed by atoms with E-state index in [0.717, 1.165) is 26.1 Å². The fraction of sp³-hybridized carbons (Fsp3) is 0.421. The van der Waals surface area contributed by atoms with Gasteiger partial charge in [0.15, 0.2) is 5.65 Å². The Balaban J connectivity index is 1.61. The number of ether oxygens (including phenoxy) is 1. The van der Waals surface area contributed by atoms with Gasteiger partial charge < -0.3 is 20.4 Å². The minimum absolute atomic E-state index is 0.0161. The van der Waals surface area contributed by atoms with Gasteiger partial charge in [0.05, 0.1) is 12.7 Å². The molecule has 3 heterocycles. The molecule has 1 aromatic carbocycles. The number of aromatic amines is 1. The molecule has 154 valence electrons. The van der Waals surface area contributed by atoms with Gasteiger partial charge in [0.2, 0.25) is 5.95 Å². The van der Waals surface area contributed by atoms with E-state index in [1.807, 2.05) is 0 Å². The molecule has 1 atom stereocenters. The standard InChI is InChI=1S/C19H22F2N6O2/c1-19(20,21)29-15-5-3-2-4-13(15)11-27-16-14(25-18(27)28)10-24-17(26-16)23-9-12-6-7-22-8-12/h2-5,10,12,22H,6-9,11H2,1H3,(H,25,28)(H,23,24,26)/t12-/m1/s1. The molecule has 1 aliphatic rings. The molecule has 2 aromatic heterocycles. The zero-order chi connectivity index (χ0) is 20.4. The molecule has 0 amide bonds. The normalized spacial score (nSPS) is 17.0. The van der Waals surface area contributed by atoms with E-state index in [1.165, 1.54) is 16.8 Å². The van der Waals surface area contributed by atoms with Crippen LogP contribution in [0.5, 0.6) is 5.75 Å². The second-order valence-electron chi connectivity index (χ2n) is 7.20. The van der Waals surface area contributed by atoms with Gasteiger partial charge in [0, 0.05) is 19.0 Å². The highest BCUT2D eigenvalue weighted by atomic mass is 19.3. The van der Waals surface area contributed by atoms with Crippen molar-refractivity contribution in [3.8, 4) is 5.75 Å². The van der Waals surface area contributed by atoms with Gasteiger partial charge in [0.1, 0.15) is 11.3 Å². The fourth-order valence-corrected chi connectivity index (χ4v) is 3.40. The van der Waals surface area contributed by atoms with Crippen LogP contribution in [-0.4, -0.2) is 45.3 Å². The smallest absolute Gasteiger partial charge is 0.394 e. The Labute approximate surface area is 165 Å². The maximum Gasteiger partial charge on any atom is 0.394 e. The lowest BCUT2D eigenvalue weighted by molar-refractivity contribution is -0.159. The number of fused-ring (bicyclic) bond motifs is 1. The molecule has 29 heavy (non-hydrogen) atoms. The molecule has 0 unspecified atom stereocenters. The molecule has 1 aliphatic heterocycles. The summed E-state index contributed by atoms with van der Waals surface area (Å²) in [6.45, 7) is 3.39. The molecule has 3 aromatic rings. The van der Waals surface area contributed by atoms with Crippen LogP contribution < -0.4 is 21.1 Å². The molecule has 1 fully saturated rings. The summed E-state index contributed by atoms with van der Waals surface area (Å²) in [4.78, 5) is 23.8. The van der Waals surface area contributed by atoms with Crippen molar-refractivity contribution in [1.29, 1.82) is 0 Å². The summed E-state index contributed by atoms with van der Waals surface area (Å²) in [5.41, 5.74) is 0.920. The lowest BCUT2D eigenvalue weighted by Crippen LogP contribution is -2.22. The number of benzene rings is 1. The van der Waals surface area contributed by atoms with Crippen LogP contribution >= 0.6 is 0 Å². The fourth-order valence-electron chi connectivity index (χ4n) is 3.40. The van der Waals surface area contributed by atoms with E-state index < -0.39 is 11.8 Å². The van der Waals surface area contributed by atoms with E-state index >= 15 is 0 Å². The summed E-state index contributed by atoms with van der Waals surface area (Å²) >= 11 is 0. The van der Waals surface area contributed by atoms with Crippen molar-refractivity contribution < 1.29 is 13.5 Å². The number of nitrogens with zero attached hydrogens (tertiary/aromatic N) is 3. The molecule has 8 nitrogen and oxygen atoms in total. The zero-order valence-corrected chi connectivity index (χ0v) is 15.9. The van der Waals surface area contributed by atoms with E-state index in [1.54, 1.807) is 18.2 Å². The highest BCUT2D eigenvalue weighted by Crippen LogP contribution is 2.26. The van der Waals surface area contributed by atoms with Crippen LogP contribution in [0, 0.1) is 5.92 Å². The Morgan fingerprint density at radius 3 is 2.97 bits per heavy atom. The Bertz CT molecular complexity index is 1050. The van der Waals surface area contributed by atoms with E-state index in [2.05, 4.69) is 25.6 Å². The van der Waals surface area contributed by atoms with E-state index in [9.17, 15) is 13.6 Å². The number of hydrogen-bond donors (Lipinski definition) is 3. The van der Waals surface area contributed by atoms with E-state index in [0.29, 0.717) is 35.5 Å². The molecule has 0 spiro atoms. The van der Waals surface area contributed by atoms with Gasteiger partial charge in [-0.3, -0.25) is 4.57 Å². The summed E-state index contributed by atoms with van der Waals surface area (Å²) in [6, 6.07) is 6.39. The average Bonchev–Trinajstić information content (AvgIpc) is 3.28. The van der Waals surface area contributed by atoms with Crippen LogP contribution in [0.1, 0.15) is 18.9 Å². The summed E-state index contributed by atoms with van der Waals surface area (Å²) < 4.78 is 32.8. The van der Waals surface area contributed by atoms with Crippen molar-refractivity contribution >= 4 is 17.1 Å². The van der Waals surface area contributed by atoms with Crippen molar-refractivity contribution in [2.24, 2.45) is 5.92 Å².